The number of nitrogens with two attached hydrogens (primary N) is 1. The molecular formula is C16H18FN3. The average molecular weight is 271 g/mol. The molecule has 2 aromatic rings. The monoisotopic (exact) mass is 271 g/mol. The van der Waals surface area contributed by atoms with E-state index in [9.17, 15) is 4.39 Å². The molecule has 0 atom stereocenters. The third-order valence-corrected chi connectivity index (χ3v) is 3.96. The number of aromatic nitrogens is 2. The number of anilines is 1. The second kappa shape index (κ2) is 5.57. The molecule has 3 nitrogen and oxygen atoms in total. The van der Waals surface area contributed by atoms with Crippen molar-refractivity contribution in [2.45, 2.75) is 38.0 Å². The number of rotatable bonds is 2. The second-order valence-corrected chi connectivity index (χ2v) is 5.37. The summed E-state index contributed by atoms with van der Waals surface area (Å²) in [7, 11) is 0. The van der Waals surface area contributed by atoms with Gasteiger partial charge >= 0.3 is 0 Å². The Balaban J connectivity index is 1.95. The molecule has 1 fully saturated rings. The summed E-state index contributed by atoms with van der Waals surface area (Å²) >= 11 is 0. The minimum atomic E-state index is -0.246. The van der Waals surface area contributed by atoms with Gasteiger partial charge in [0.25, 0.3) is 0 Å². The van der Waals surface area contributed by atoms with Crippen molar-refractivity contribution in [1.29, 1.82) is 0 Å². The van der Waals surface area contributed by atoms with Gasteiger partial charge in [-0.15, -0.1) is 0 Å². The Bertz CT molecular complexity index is 589. The first-order valence-electron chi connectivity index (χ1n) is 7.12. The van der Waals surface area contributed by atoms with Gasteiger partial charge in [-0.25, -0.2) is 14.4 Å². The van der Waals surface area contributed by atoms with Gasteiger partial charge in [-0.1, -0.05) is 19.3 Å². The molecule has 0 spiro atoms. The van der Waals surface area contributed by atoms with Crippen LogP contribution in [-0.2, 0) is 0 Å². The van der Waals surface area contributed by atoms with Crippen LogP contribution < -0.4 is 5.73 Å². The van der Waals surface area contributed by atoms with E-state index >= 15 is 0 Å². The van der Waals surface area contributed by atoms with Crippen molar-refractivity contribution >= 4 is 5.82 Å². The first-order chi connectivity index (χ1) is 9.74. The summed E-state index contributed by atoms with van der Waals surface area (Å²) in [6.07, 6.45) is 7.67. The summed E-state index contributed by atoms with van der Waals surface area (Å²) in [6.45, 7) is 0. The van der Waals surface area contributed by atoms with Gasteiger partial charge in [0.05, 0.1) is 17.6 Å². The number of nitrogens with zero attached hydrogens (tertiary/aromatic N) is 2. The SMILES string of the molecule is Nc1ncc(-c2ccc(F)cc2)nc1C1CCCCC1. The molecule has 104 valence electrons. The van der Waals surface area contributed by atoms with E-state index in [4.69, 9.17) is 5.73 Å². The Hall–Kier alpha value is -1.97. The van der Waals surface area contributed by atoms with Gasteiger partial charge in [0, 0.05) is 11.5 Å². The van der Waals surface area contributed by atoms with Crippen LogP contribution in [0, 0.1) is 5.82 Å². The standard InChI is InChI=1S/C16H18FN3/c17-13-8-6-11(7-9-13)14-10-19-16(18)15(20-14)12-4-2-1-3-5-12/h6-10,12H,1-5H2,(H2,18,19). The third kappa shape index (κ3) is 2.64. The lowest BCUT2D eigenvalue weighted by molar-refractivity contribution is 0.437. The lowest BCUT2D eigenvalue weighted by atomic mass is 9.86. The van der Waals surface area contributed by atoms with Crippen LogP contribution in [0.15, 0.2) is 30.5 Å². The molecule has 1 aliphatic rings. The highest BCUT2D eigenvalue weighted by atomic mass is 19.1. The maximum Gasteiger partial charge on any atom is 0.145 e. The Labute approximate surface area is 118 Å². The number of hydrogen-bond donors (Lipinski definition) is 1. The fourth-order valence-electron chi connectivity index (χ4n) is 2.85. The van der Waals surface area contributed by atoms with Gasteiger partial charge < -0.3 is 5.73 Å². The van der Waals surface area contributed by atoms with Crippen molar-refractivity contribution in [2.24, 2.45) is 0 Å². The second-order valence-electron chi connectivity index (χ2n) is 5.37. The average Bonchev–Trinajstić information content (AvgIpc) is 2.50. The van der Waals surface area contributed by atoms with E-state index in [-0.39, 0.29) is 5.82 Å². The highest BCUT2D eigenvalue weighted by molar-refractivity contribution is 5.59. The number of hydrogen-bond acceptors (Lipinski definition) is 3. The molecule has 2 N–H and O–H groups in total. The van der Waals surface area contributed by atoms with E-state index in [2.05, 4.69) is 9.97 Å². The van der Waals surface area contributed by atoms with Crippen molar-refractivity contribution in [3.63, 3.8) is 0 Å². The Kier molecular flexibility index (Phi) is 3.63. The van der Waals surface area contributed by atoms with E-state index in [0.29, 0.717) is 11.7 Å². The van der Waals surface area contributed by atoms with Crippen molar-refractivity contribution in [3.05, 3.63) is 42.0 Å². The molecule has 0 aliphatic heterocycles. The predicted octanol–water partition coefficient (Wildman–Crippen LogP) is 3.91. The zero-order valence-corrected chi connectivity index (χ0v) is 11.3. The fraction of sp³-hybridized carbons (Fsp3) is 0.375. The van der Waals surface area contributed by atoms with Crippen molar-refractivity contribution < 1.29 is 4.39 Å². The first-order valence-corrected chi connectivity index (χ1v) is 7.12. The minimum absolute atomic E-state index is 0.246. The Morgan fingerprint density at radius 3 is 2.45 bits per heavy atom. The van der Waals surface area contributed by atoms with Crippen LogP contribution >= 0.6 is 0 Å². The Morgan fingerprint density at radius 1 is 1.05 bits per heavy atom. The molecule has 1 aliphatic carbocycles. The normalized spacial score (nSPS) is 16.2. The fourth-order valence-corrected chi connectivity index (χ4v) is 2.85. The zero-order chi connectivity index (χ0) is 13.9. The quantitative estimate of drug-likeness (QED) is 0.900. The molecule has 1 saturated carbocycles. The summed E-state index contributed by atoms with van der Waals surface area (Å²) in [4.78, 5) is 8.96. The molecule has 0 bridgehead atoms. The summed E-state index contributed by atoms with van der Waals surface area (Å²) in [5.74, 6) is 0.698. The molecule has 0 amide bonds. The van der Waals surface area contributed by atoms with Gasteiger partial charge in [0.1, 0.15) is 11.6 Å². The molecule has 0 radical (unpaired) electrons. The largest absolute Gasteiger partial charge is 0.382 e. The lowest BCUT2D eigenvalue weighted by Crippen LogP contribution is -2.11. The molecule has 3 rings (SSSR count). The van der Waals surface area contributed by atoms with E-state index in [1.165, 1.54) is 31.4 Å². The molecule has 1 aromatic heterocycles. The molecule has 0 unspecified atom stereocenters. The van der Waals surface area contributed by atoms with E-state index in [0.717, 1.165) is 29.8 Å². The van der Waals surface area contributed by atoms with Gasteiger partial charge in [-0.3, -0.25) is 0 Å². The molecular weight excluding hydrogens is 253 g/mol. The van der Waals surface area contributed by atoms with Crippen LogP contribution in [0.25, 0.3) is 11.3 Å². The van der Waals surface area contributed by atoms with E-state index in [1.807, 2.05) is 0 Å². The van der Waals surface area contributed by atoms with Gasteiger partial charge in [0.2, 0.25) is 0 Å². The number of halogens is 1. The van der Waals surface area contributed by atoms with Crippen LogP contribution in [0.5, 0.6) is 0 Å². The molecule has 1 aromatic carbocycles. The summed E-state index contributed by atoms with van der Waals surface area (Å²) in [6, 6.07) is 6.32. The lowest BCUT2D eigenvalue weighted by Gasteiger charge is -2.22. The highest BCUT2D eigenvalue weighted by Crippen LogP contribution is 2.34. The maximum absolute atomic E-state index is 13.0. The minimum Gasteiger partial charge on any atom is -0.382 e. The van der Waals surface area contributed by atoms with E-state index in [1.54, 1.807) is 18.3 Å². The van der Waals surface area contributed by atoms with Crippen LogP contribution in [-0.4, -0.2) is 9.97 Å². The molecule has 20 heavy (non-hydrogen) atoms. The highest BCUT2D eigenvalue weighted by Gasteiger charge is 2.20. The van der Waals surface area contributed by atoms with Gasteiger partial charge in [-0.2, -0.15) is 0 Å². The smallest absolute Gasteiger partial charge is 0.145 e. The molecule has 0 saturated heterocycles. The van der Waals surface area contributed by atoms with Crippen LogP contribution in [0.3, 0.4) is 0 Å². The predicted molar refractivity (Wildman–Crippen MR) is 77.7 cm³/mol. The van der Waals surface area contributed by atoms with Crippen LogP contribution in [0.4, 0.5) is 10.2 Å². The van der Waals surface area contributed by atoms with Crippen LogP contribution in [0.2, 0.25) is 0 Å². The summed E-state index contributed by atoms with van der Waals surface area (Å²) in [5, 5.41) is 0. The summed E-state index contributed by atoms with van der Waals surface area (Å²) in [5.41, 5.74) is 8.53. The van der Waals surface area contributed by atoms with E-state index < -0.39 is 0 Å². The third-order valence-electron chi connectivity index (χ3n) is 3.96. The zero-order valence-electron chi connectivity index (χ0n) is 11.3. The Morgan fingerprint density at radius 2 is 1.75 bits per heavy atom. The van der Waals surface area contributed by atoms with Crippen molar-refractivity contribution in [1.82, 2.24) is 9.97 Å². The topological polar surface area (TPSA) is 51.8 Å². The number of nitrogen functional groups attached to an aromatic ring is 1. The number of benzene rings is 1. The van der Waals surface area contributed by atoms with Crippen molar-refractivity contribution in [3.8, 4) is 11.3 Å². The van der Waals surface area contributed by atoms with Gasteiger partial charge in [0.15, 0.2) is 0 Å². The first kappa shape index (κ1) is 13.0. The summed E-state index contributed by atoms with van der Waals surface area (Å²) < 4.78 is 13.0. The van der Waals surface area contributed by atoms with Gasteiger partial charge in [-0.05, 0) is 37.1 Å². The maximum atomic E-state index is 13.0. The molecule has 1 heterocycles. The van der Waals surface area contributed by atoms with Crippen LogP contribution in [0.1, 0.15) is 43.7 Å². The molecule has 4 heteroatoms. The van der Waals surface area contributed by atoms with Crippen molar-refractivity contribution in [2.75, 3.05) is 5.73 Å².